The third kappa shape index (κ3) is 6.13. The van der Waals surface area contributed by atoms with E-state index in [1.54, 1.807) is 31.2 Å². The van der Waals surface area contributed by atoms with Crippen molar-refractivity contribution in [2.24, 2.45) is 11.8 Å². The van der Waals surface area contributed by atoms with Crippen LogP contribution in [0.4, 0.5) is 0 Å². The zero-order valence-electron chi connectivity index (χ0n) is 22.8. The first-order valence-electron chi connectivity index (χ1n) is 12.9. The lowest BCUT2D eigenvalue weighted by atomic mass is 9.81. The number of aryl methyl sites for hydroxylation is 4. The molecule has 202 valence electrons. The number of aromatic nitrogens is 2. The van der Waals surface area contributed by atoms with Crippen LogP contribution in [0.5, 0.6) is 11.6 Å². The molecule has 1 atom stereocenters. The zero-order valence-corrected chi connectivity index (χ0v) is 23.6. The summed E-state index contributed by atoms with van der Waals surface area (Å²) in [5, 5.41) is -0.227. The minimum atomic E-state index is -4.19. The second-order valence-electron chi connectivity index (χ2n) is 10.4. The Morgan fingerprint density at radius 1 is 1.05 bits per heavy atom. The Labute approximate surface area is 226 Å². The number of nitrogens with one attached hydrogen (secondary N) is 1. The van der Waals surface area contributed by atoms with Crippen LogP contribution in [0.3, 0.4) is 0 Å². The highest BCUT2D eigenvalue weighted by Gasteiger charge is 2.26. The summed E-state index contributed by atoms with van der Waals surface area (Å²) in [7, 11) is -4.19. The summed E-state index contributed by atoms with van der Waals surface area (Å²) in [6, 6.07) is 11.9. The SMILES string of the molecule is Cc1cc(C)c(Oc2nc(C3=CCC(C(C)C)CC3)ccc2C(=O)NS(=O)(=O)c2cccc(C)n2)c(C)c1.[HH]. The average Bonchev–Trinajstić information content (AvgIpc) is 2.86. The van der Waals surface area contributed by atoms with E-state index in [1.165, 1.54) is 6.07 Å². The molecule has 0 saturated carbocycles. The molecule has 0 radical (unpaired) electrons. The van der Waals surface area contributed by atoms with Gasteiger partial charge in [-0.1, -0.05) is 43.7 Å². The Morgan fingerprint density at radius 2 is 1.76 bits per heavy atom. The van der Waals surface area contributed by atoms with E-state index in [9.17, 15) is 13.2 Å². The number of benzene rings is 1. The molecular formula is C30H37N3O4S. The molecule has 8 heteroatoms. The van der Waals surface area contributed by atoms with Gasteiger partial charge in [0.25, 0.3) is 15.9 Å². The van der Waals surface area contributed by atoms with Crippen molar-refractivity contribution in [1.29, 1.82) is 0 Å². The van der Waals surface area contributed by atoms with E-state index in [0.29, 0.717) is 23.3 Å². The van der Waals surface area contributed by atoms with Crippen LogP contribution in [0.2, 0.25) is 0 Å². The fraction of sp³-hybridized carbons (Fsp3) is 0.367. The van der Waals surface area contributed by atoms with Crippen LogP contribution >= 0.6 is 0 Å². The third-order valence-corrected chi connectivity index (χ3v) is 8.23. The van der Waals surface area contributed by atoms with Crippen molar-refractivity contribution in [3.63, 3.8) is 0 Å². The summed E-state index contributed by atoms with van der Waals surface area (Å²) < 4.78 is 34.2. The Morgan fingerprint density at radius 3 is 2.37 bits per heavy atom. The van der Waals surface area contributed by atoms with Gasteiger partial charge in [-0.25, -0.2) is 14.7 Å². The first-order chi connectivity index (χ1) is 17.9. The van der Waals surface area contributed by atoms with Gasteiger partial charge in [0.2, 0.25) is 5.88 Å². The molecule has 38 heavy (non-hydrogen) atoms. The van der Waals surface area contributed by atoms with E-state index in [-0.39, 0.29) is 17.9 Å². The van der Waals surface area contributed by atoms with E-state index >= 15 is 0 Å². The summed E-state index contributed by atoms with van der Waals surface area (Å²) in [5.74, 6) is 1.08. The van der Waals surface area contributed by atoms with Crippen LogP contribution < -0.4 is 9.46 Å². The minimum absolute atomic E-state index is 0. The third-order valence-electron chi connectivity index (χ3n) is 7.00. The maximum absolute atomic E-state index is 13.3. The van der Waals surface area contributed by atoms with Gasteiger partial charge < -0.3 is 4.74 Å². The first kappa shape index (κ1) is 27.5. The molecule has 1 unspecified atom stereocenters. The summed E-state index contributed by atoms with van der Waals surface area (Å²) in [6.07, 6.45) is 5.15. The molecule has 0 saturated heterocycles. The molecule has 1 aliphatic carbocycles. The summed E-state index contributed by atoms with van der Waals surface area (Å²) in [6.45, 7) is 12.0. The summed E-state index contributed by atoms with van der Waals surface area (Å²) in [5.41, 5.74) is 5.28. The number of allylic oxidation sites excluding steroid dienone is 2. The van der Waals surface area contributed by atoms with E-state index in [1.807, 2.05) is 32.9 Å². The van der Waals surface area contributed by atoms with Crippen molar-refractivity contribution in [3.05, 3.63) is 82.2 Å². The van der Waals surface area contributed by atoms with Crippen LogP contribution in [-0.4, -0.2) is 24.3 Å². The first-order valence-corrected chi connectivity index (χ1v) is 14.4. The Hall–Kier alpha value is -3.52. The van der Waals surface area contributed by atoms with Gasteiger partial charge in [-0.3, -0.25) is 4.79 Å². The van der Waals surface area contributed by atoms with Crippen LogP contribution in [-0.2, 0) is 10.0 Å². The highest BCUT2D eigenvalue weighted by Crippen LogP contribution is 2.36. The number of rotatable bonds is 7. The lowest BCUT2D eigenvalue weighted by Gasteiger charge is -2.25. The molecule has 0 fully saturated rings. The van der Waals surface area contributed by atoms with Crippen LogP contribution in [0.15, 0.2) is 53.6 Å². The van der Waals surface area contributed by atoms with Gasteiger partial charge in [0, 0.05) is 7.12 Å². The van der Waals surface area contributed by atoms with Crippen molar-refractivity contribution in [2.45, 2.75) is 65.8 Å². The lowest BCUT2D eigenvalue weighted by molar-refractivity contribution is 0.0978. The molecule has 2 heterocycles. The molecule has 2 aromatic heterocycles. The van der Waals surface area contributed by atoms with Crippen molar-refractivity contribution in [3.8, 4) is 11.6 Å². The topological polar surface area (TPSA) is 98.2 Å². The predicted molar refractivity (Wildman–Crippen MR) is 151 cm³/mol. The van der Waals surface area contributed by atoms with E-state index in [0.717, 1.165) is 47.2 Å². The highest BCUT2D eigenvalue weighted by atomic mass is 32.2. The number of ether oxygens (including phenoxy) is 1. The number of hydrogen-bond donors (Lipinski definition) is 1. The predicted octanol–water partition coefficient (Wildman–Crippen LogP) is 6.71. The largest absolute Gasteiger partial charge is 0.438 e. The van der Waals surface area contributed by atoms with Crippen LogP contribution in [0.1, 0.15) is 73.0 Å². The van der Waals surface area contributed by atoms with Crippen molar-refractivity contribution in [2.75, 3.05) is 0 Å². The van der Waals surface area contributed by atoms with Gasteiger partial charge in [0.05, 0.1) is 5.69 Å². The maximum Gasteiger partial charge on any atom is 0.281 e. The second kappa shape index (κ2) is 11.1. The number of sulfonamides is 1. The number of carbonyl (C=O) groups is 1. The number of pyridine rings is 2. The van der Waals surface area contributed by atoms with Crippen molar-refractivity contribution in [1.82, 2.24) is 14.7 Å². The minimum Gasteiger partial charge on any atom is -0.438 e. The Kier molecular flexibility index (Phi) is 8.02. The molecule has 1 N–H and O–H groups in total. The van der Waals surface area contributed by atoms with E-state index in [4.69, 9.17) is 9.72 Å². The smallest absolute Gasteiger partial charge is 0.281 e. The number of amides is 1. The van der Waals surface area contributed by atoms with Gasteiger partial charge >= 0.3 is 0 Å². The summed E-state index contributed by atoms with van der Waals surface area (Å²) >= 11 is 0. The van der Waals surface area contributed by atoms with Gasteiger partial charge in [-0.2, -0.15) is 8.42 Å². The lowest BCUT2D eigenvalue weighted by Crippen LogP contribution is -2.31. The standard InChI is InChI=1S/C30H35N3O4S.H2/c1-18(2)23-10-12-24(13-11-23)26-15-14-25(29(34)33-38(35,36)27-9-7-8-22(6)31-27)30(32-26)37-28-20(4)16-19(3)17-21(28)5;/h7-9,12,14-18,23H,10-11,13H2,1-6H3,(H,33,34);1H. The molecular weight excluding hydrogens is 498 g/mol. The fourth-order valence-corrected chi connectivity index (χ4v) is 5.86. The van der Waals surface area contributed by atoms with Crippen molar-refractivity contribution < 1.29 is 19.4 Å². The molecule has 4 rings (SSSR count). The molecule has 7 nitrogen and oxygen atoms in total. The molecule has 0 aliphatic heterocycles. The molecule has 1 aliphatic rings. The quantitative estimate of drug-likeness (QED) is 0.361. The fourth-order valence-electron chi connectivity index (χ4n) is 4.88. The highest BCUT2D eigenvalue weighted by molar-refractivity contribution is 7.90. The van der Waals surface area contributed by atoms with E-state index in [2.05, 4.69) is 29.6 Å². The average molecular weight is 536 g/mol. The maximum atomic E-state index is 13.3. The number of nitrogens with zero attached hydrogens (tertiary/aromatic N) is 2. The molecule has 0 spiro atoms. The monoisotopic (exact) mass is 535 g/mol. The Bertz CT molecular complexity index is 1490. The molecule has 0 bridgehead atoms. The molecule has 1 aromatic carbocycles. The Balaban J connectivity index is 0.00000420. The van der Waals surface area contributed by atoms with Gasteiger partial charge in [0.15, 0.2) is 5.03 Å². The van der Waals surface area contributed by atoms with Crippen molar-refractivity contribution >= 4 is 21.5 Å². The zero-order chi connectivity index (χ0) is 27.6. The normalized spacial score (nSPS) is 15.8. The molecule has 1 amide bonds. The number of carbonyl (C=O) groups excluding carboxylic acids is 1. The number of hydrogen-bond acceptors (Lipinski definition) is 6. The van der Waals surface area contributed by atoms with Crippen LogP contribution in [0, 0.1) is 39.5 Å². The van der Waals surface area contributed by atoms with Gasteiger partial charge in [-0.15, -0.1) is 0 Å². The van der Waals surface area contributed by atoms with Gasteiger partial charge in [0.1, 0.15) is 11.3 Å². The van der Waals surface area contributed by atoms with E-state index < -0.39 is 15.9 Å². The molecule has 3 aromatic rings. The van der Waals surface area contributed by atoms with Crippen LogP contribution in [0.25, 0.3) is 5.57 Å². The second-order valence-corrected chi connectivity index (χ2v) is 12.1. The van der Waals surface area contributed by atoms with Gasteiger partial charge in [-0.05, 0) is 99.8 Å². The summed E-state index contributed by atoms with van der Waals surface area (Å²) in [4.78, 5) is 22.1.